The van der Waals surface area contributed by atoms with E-state index in [1.54, 1.807) is 6.07 Å². The fourth-order valence-electron chi connectivity index (χ4n) is 2.69. The number of ether oxygens (including phenoxy) is 1. The van der Waals surface area contributed by atoms with Crippen LogP contribution < -0.4 is 9.64 Å². The summed E-state index contributed by atoms with van der Waals surface area (Å²) in [5.41, 5.74) is 0.994. The van der Waals surface area contributed by atoms with E-state index < -0.39 is 4.92 Å². The summed E-state index contributed by atoms with van der Waals surface area (Å²) in [6.07, 6.45) is 0. The molecule has 0 N–H and O–H groups in total. The highest BCUT2D eigenvalue weighted by Gasteiger charge is 2.34. The molecule has 2 aliphatic heterocycles. The Labute approximate surface area is 119 Å². The second kappa shape index (κ2) is 4.64. The van der Waals surface area contributed by atoms with Crippen molar-refractivity contribution in [2.24, 2.45) is 0 Å². The molecule has 6 nitrogen and oxygen atoms in total. The maximum atomic E-state index is 10.9. The van der Waals surface area contributed by atoms with E-state index in [2.05, 4.69) is 32.8 Å². The number of halogens is 1. The van der Waals surface area contributed by atoms with Gasteiger partial charge < -0.3 is 14.5 Å². The first-order chi connectivity index (χ1) is 9.06. The highest BCUT2D eigenvalue weighted by Crippen LogP contribution is 2.43. The number of non-ortho nitro benzene ring substituents is 1. The molecular weight excluding hydrogens is 314 g/mol. The molecule has 3 rings (SSSR count). The van der Waals surface area contributed by atoms with E-state index in [-0.39, 0.29) is 5.69 Å². The van der Waals surface area contributed by atoms with E-state index in [1.807, 2.05) is 0 Å². The van der Waals surface area contributed by atoms with Crippen LogP contribution in [-0.2, 0) is 0 Å². The van der Waals surface area contributed by atoms with Crippen LogP contribution in [0, 0.1) is 10.1 Å². The fraction of sp³-hybridized carbons (Fsp3) is 0.500. The van der Waals surface area contributed by atoms with Gasteiger partial charge in [0.25, 0.3) is 5.69 Å². The topological polar surface area (TPSA) is 58.9 Å². The van der Waals surface area contributed by atoms with Crippen molar-refractivity contribution in [1.82, 2.24) is 4.90 Å². The van der Waals surface area contributed by atoms with Gasteiger partial charge in [-0.3, -0.25) is 10.1 Å². The third kappa shape index (κ3) is 2.17. The van der Waals surface area contributed by atoms with Gasteiger partial charge in [-0.2, -0.15) is 0 Å². The lowest BCUT2D eigenvalue weighted by Gasteiger charge is -2.44. The lowest BCUT2D eigenvalue weighted by Crippen LogP contribution is -2.56. The monoisotopic (exact) mass is 327 g/mol. The van der Waals surface area contributed by atoms with Gasteiger partial charge in [-0.05, 0) is 23.0 Å². The average Bonchev–Trinajstić information content (AvgIpc) is 2.37. The van der Waals surface area contributed by atoms with Crippen LogP contribution in [0.25, 0.3) is 0 Å². The number of fused-ring (bicyclic) bond motifs is 3. The minimum atomic E-state index is -0.398. The van der Waals surface area contributed by atoms with E-state index in [0.29, 0.717) is 18.4 Å². The molecule has 0 bridgehead atoms. The van der Waals surface area contributed by atoms with Gasteiger partial charge in [0.2, 0.25) is 0 Å². The van der Waals surface area contributed by atoms with Crippen LogP contribution in [0.1, 0.15) is 0 Å². The number of hydrogen-bond donors (Lipinski definition) is 0. The van der Waals surface area contributed by atoms with Crippen molar-refractivity contribution >= 4 is 27.3 Å². The Hall–Kier alpha value is -1.34. The lowest BCUT2D eigenvalue weighted by molar-refractivity contribution is -0.385. The van der Waals surface area contributed by atoms with Crippen LogP contribution in [0.4, 0.5) is 11.4 Å². The highest BCUT2D eigenvalue weighted by atomic mass is 79.9. The molecule has 1 aromatic rings. The third-order valence-electron chi connectivity index (χ3n) is 3.63. The normalized spacial score (nSPS) is 22.4. The second-order valence-electron chi connectivity index (χ2n) is 4.95. The standard InChI is InChI=1S/C12H14BrN3O3/c1-14-2-3-15-9(6-14)7-19-11-5-8(16(17)18)4-10(13)12(11)15/h4-5,9H,2-3,6-7H2,1H3/t9-/m1/s1. The van der Waals surface area contributed by atoms with Crippen molar-refractivity contribution in [1.29, 1.82) is 0 Å². The summed E-state index contributed by atoms with van der Waals surface area (Å²) < 4.78 is 6.44. The maximum absolute atomic E-state index is 10.9. The predicted octanol–water partition coefficient (Wildman–Crippen LogP) is 1.87. The zero-order valence-corrected chi connectivity index (χ0v) is 12.1. The summed E-state index contributed by atoms with van der Waals surface area (Å²) in [4.78, 5) is 15.0. The predicted molar refractivity (Wildman–Crippen MR) is 74.9 cm³/mol. The molecule has 7 heteroatoms. The van der Waals surface area contributed by atoms with E-state index in [9.17, 15) is 10.1 Å². The average molecular weight is 328 g/mol. The van der Waals surface area contributed by atoms with Gasteiger partial charge in [0.05, 0.1) is 27.2 Å². The second-order valence-corrected chi connectivity index (χ2v) is 5.81. The molecule has 0 saturated carbocycles. The Balaban J connectivity index is 2.01. The van der Waals surface area contributed by atoms with Gasteiger partial charge in [0.15, 0.2) is 5.75 Å². The lowest BCUT2D eigenvalue weighted by atomic mass is 10.1. The molecule has 2 aliphatic rings. The van der Waals surface area contributed by atoms with Gasteiger partial charge in [-0.1, -0.05) is 0 Å². The van der Waals surface area contributed by atoms with Crippen molar-refractivity contribution in [3.63, 3.8) is 0 Å². The molecule has 1 saturated heterocycles. The molecule has 1 atom stereocenters. The zero-order valence-electron chi connectivity index (χ0n) is 10.5. The molecule has 1 aromatic carbocycles. The summed E-state index contributed by atoms with van der Waals surface area (Å²) in [7, 11) is 2.09. The van der Waals surface area contributed by atoms with Crippen molar-refractivity contribution in [2.75, 3.05) is 38.2 Å². The van der Waals surface area contributed by atoms with Crippen LogP contribution in [0.5, 0.6) is 5.75 Å². The summed E-state index contributed by atoms with van der Waals surface area (Å²) in [5, 5.41) is 10.9. The number of nitrogens with zero attached hydrogens (tertiary/aromatic N) is 3. The van der Waals surface area contributed by atoms with Gasteiger partial charge >= 0.3 is 0 Å². The van der Waals surface area contributed by atoms with Crippen LogP contribution in [0.2, 0.25) is 0 Å². The Morgan fingerprint density at radius 1 is 1.47 bits per heavy atom. The van der Waals surface area contributed by atoms with Gasteiger partial charge in [-0.15, -0.1) is 0 Å². The zero-order chi connectivity index (χ0) is 13.6. The van der Waals surface area contributed by atoms with E-state index in [0.717, 1.165) is 29.8 Å². The van der Waals surface area contributed by atoms with E-state index >= 15 is 0 Å². The third-order valence-corrected chi connectivity index (χ3v) is 4.23. The number of nitro benzene ring substituents is 1. The molecule has 102 valence electrons. The van der Waals surface area contributed by atoms with Crippen LogP contribution >= 0.6 is 15.9 Å². The summed E-state index contributed by atoms with van der Waals surface area (Å²) in [5.74, 6) is 0.599. The van der Waals surface area contributed by atoms with Crippen molar-refractivity contribution < 1.29 is 9.66 Å². The van der Waals surface area contributed by atoms with Gasteiger partial charge in [-0.25, -0.2) is 0 Å². The number of anilines is 1. The summed E-state index contributed by atoms with van der Waals surface area (Å²) >= 11 is 3.44. The van der Waals surface area contributed by atoms with Crippen molar-refractivity contribution in [3.05, 3.63) is 26.7 Å². The van der Waals surface area contributed by atoms with Crippen LogP contribution in [0.3, 0.4) is 0 Å². The Morgan fingerprint density at radius 3 is 3.00 bits per heavy atom. The summed E-state index contributed by atoms with van der Waals surface area (Å²) in [6.45, 7) is 3.42. The number of piperazine rings is 1. The molecule has 0 unspecified atom stereocenters. The molecule has 0 spiro atoms. The minimum absolute atomic E-state index is 0.0539. The molecule has 2 heterocycles. The van der Waals surface area contributed by atoms with E-state index in [4.69, 9.17) is 4.74 Å². The van der Waals surface area contributed by atoms with Crippen LogP contribution in [0.15, 0.2) is 16.6 Å². The Morgan fingerprint density at radius 2 is 2.26 bits per heavy atom. The van der Waals surface area contributed by atoms with Crippen molar-refractivity contribution in [2.45, 2.75) is 6.04 Å². The highest BCUT2D eigenvalue weighted by molar-refractivity contribution is 9.10. The number of hydrogen-bond acceptors (Lipinski definition) is 5. The maximum Gasteiger partial charge on any atom is 0.274 e. The SMILES string of the molecule is CN1CCN2c3c(Br)cc([N+](=O)[O-])cc3OC[C@H]2C1. The van der Waals surface area contributed by atoms with Gasteiger partial charge in [0.1, 0.15) is 6.61 Å². The number of benzene rings is 1. The smallest absolute Gasteiger partial charge is 0.274 e. The Bertz CT molecular complexity index is 537. The quantitative estimate of drug-likeness (QED) is 0.582. The molecule has 0 aromatic heterocycles. The van der Waals surface area contributed by atoms with Crippen LogP contribution in [-0.4, -0.2) is 49.2 Å². The molecule has 0 radical (unpaired) electrons. The first kappa shape index (κ1) is 12.7. The van der Waals surface area contributed by atoms with E-state index in [1.165, 1.54) is 6.07 Å². The molecule has 0 amide bonds. The number of likely N-dealkylation sites (N-methyl/N-ethyl adjacent to an activating group) is 1. The minimum Gasteiger partial charge on any atom is -0.489 e. The Kier molecular flexibility index (Phi) is 3.10. The number of rotatable bonds is 1. The van der Waals surface area contributed by atoms with Gasteiger partial charge in [0, 0.05) is 25.7 Å². The molecule has 1 fully saturated rings. The first-order valence-electron chi connectivity index (χ1n) is 6.12. The number of nitro groups is 1. The summed E-state index contributed by atoms with van der Waals surface area (Å²) in [6, 6.07) is 3.36. The first-order valence-corrected chi connectivity index (χ1v) is 6.91. The molecule has 19 heavy (non-hydrogen) atoms. The van der Waals surface area contributed by atoms with Crippen molar-refractivity contribution in [3.8, 4) is 5.75 Å². The molecule has 0 aliphatic carbocycles. The molecular formula is C12H14BrN3O3. The fourth-order valence-corrected chi connectivity index (χ4v) is 3.35. The largest absolute Gasteiger partial charge is 0.489 e.